The number of carbonyl (C=O) groups excluding carboxylic acids is 2. The third-order valence-corrected chi connectivity index (χ3v) is 2.20. The highest BCUT2D eigenvalue weighted by atomic mass is 16.4. The van der Waals surface area contributed by atoms with Crippen molar-refractivity contribution >= 4 is 17.9 Å². The number of rotatable bonds is 3. The SMILES string of the molecule is CCC1NC(=O)N([C@@H](C)C(=O)O)C1=O. The van der Waals surface area contributed by atoms with Crippen molar-refractivity contribution in [3.8, 4) is 0 Å². The minimum absolute atomic E-state index is 0.465. The maximum Gasteiger partial charge on any atom is 0.326 e. The number of aliphatic carboxylic acids is 1. The van der Waals surface area contributed by atoms with Crippen LogP contribution in [0.2, 0.25) is 0 Å². The molecule has 0 saturated carbocycles. The van der Waals surface area contributed by atoms with E-state index in [-0.39, 0.29) is 0 Å². The van der Waals surface area contributed by atoms with Crippen LogP contribution in [0.5, 0.6) is 0 Å². The molecule has 0 bridgehead atoms. The molecule has 0 aromatic carbocycles. The van der Waals surface area contributed by atoms with E-state index in [4.69, 9.17) is 5.11 Å². The summed E-state index contributed by atoms with van der Waals surface area (Å²) in [5.74, 6) is -1.65. The summed E-state index contributed by atoms with van der Waals surface area (Å²) >= 11 is 0. The van der Waals surface area contributed by atoms with Crippen LogP contribution in [0.3, 0.4) is 0 Å². The van der Waals surface area contributed by atoms with Crippen LogP contribution in [0.25, 0.3) is 0 Å². The molecule has 0 aliphatic carbocycles. The molecule has 1 heterocycles. The Hall–Kier alpha value is -1.59. The number of nitrogens with zero attached hydrogens (tertiary/aromatic N) is 1. The second-order valence-corrected chi connectivity index (χ2v) is 3.13. The smallest absolute Gasteiger partial charge is 0.326 e. The lowest BCUT2D eigenvalue weighted by Gasteiger charge is -2.16. The topological polar surface area (TPSA) is 86.7 Å². The molecule has 2 atom stereocenters. The van der Waals surface area contributed by atoms with Crippen molar-refractivity contribution in [3.05, 3.63) is 0 Å². The molecule has 0 spiro atoms. The first-order valence-corrected chi connectivity index (χ1v) is 4.35. The molecule has 2 N–H and O–H groups in total. The van der Waals surface area contributed by atoms with Crippen LogP contribution < -0.4 is 5.32 Å². The van der Waals surface area contributed by atoms with E-state index in [0.29, 0.717) is 6.42 Å². The summed E-state index contributed by atoms with van der Waals surface area (Å²) in [6.45, 7) is 3.05. The second-order valence-electron chi connectivity index (χ2n) is 3.13. The number of nitrogens with one attached hydrogen (secondary N) is 1. The van der Waals surface area contributed by atoms with Crippen molar-refractivity contribution in [2.45, 2.75) is 32.4 Å². The van der Waals surface area contributed by atoms with Gasteiger partial charge in [-0.05, 0) is 13.3 Å². The number of carboxylic acids is 1. The number of hydrogen-bond donors (Lipinski definition) is 2. The fourth-order valence-electron chi connectivity index (χ4n) is 1.30. The molecule has 1 aliphatic heterocycles. The summed E-state index contributed by atoms with van der Waals surface area (Å²) in [4.78, 5) is 34.0. The molecule has 3 amide bonds. The van der Waals surface area contributed by atoms with Gasteiger partial charge in [0.2, 0.25) is 0 Å². The van der Waals surface area contributed by atoms with E-state index in [2.05, 4.69) is 5.32 Å². The molecule has 1 unspecified atom stereocenters. The summed E-state index contributed by atoms with van der Waals surface area (Å²) in [5, 5.41) is 11.1. The first kappa shape index (κ1) is 10.5. The molecule has 78 valence electrons. The summed E-state index contributed by atoms with van der Waals surface area (Å²) < 4.78 is 0. The van der Waals surface area contributed by atoms with Gasteiger partial charge in [0, 0.05) is 0 Å². The van der Waals surface area contributed by atoms with Crippen LogP contribution in [0.15, 0.2) is 0 Å². The number of urea groups is 1. The van der Waals surface area contributed by atoms with Gasteiger partial charge in [-0.1, -0.05) is 6.92 Å². The molecule has 0 radical (unpaired) electrons. The number of hydrogen-bond acceptors (Lipinski definition) is 3. The van der Waals surface area contributed by atoms with Gasteiger partial charge in [0.05, 0.1) is 0 Å². The molecule has 0 aromatic rings. The standard InChI is InChI=1S/C8H12N2O4/c1-3-5-6(11)10(8(14)9-5)4(2)7(12)13/h4-5H,3H2,1-2H3,(H,9,14)(H,12,13)/t4-,5?/m0/s1. The van der Waals surface area contributed by atoms with Gasteiger partial charge in [-0.15, -0.1) is 0 Å². The van der Waals surface area contributed by atoms with Gasteiger partial charge >= 0.3 is 12.0 Å². The fraction of sp³-hybridized carbons (Fsp3) is 0.625. The van der Waals surface area contributed by atoms with Gasteiger partial charge in [0.1, 0.15) is 12.1 Å². The Morgan fingerprint density at radius 1 is 1.64 bits per heavy atom. The van der Waals surface area contributed by atoms with Crippen molar-refractivity contribution in [1.82, 2.24) is 10.2 Å². The Morgan fingerprint density at radius 3 is 2.57 bits per heavy atom. The lowest BCUT2D eigenvalue weighted by atomic mass is 10.2. The first-order chi connectivity index (χ1) is 6.49. The number of carboxylic acid groups (broad SMARTS) is 1. The zero-order valence-corrected chi connectivity index (χ0v) is 7.98. The van der Waals surface area contributed by atoms with Crippen LogP contribution in [0.1, 0.15) is 20.3 Å². The number of imide groups is 1. The fourth-order valence-corrected chi connectivity index (χ4v) is 1.30. The van der Waals surface area contributed by atoms with Crippen molar-refractivity contribution in [3.63, 3.8) is 0 Å². The third-order valence-electron chi connectivity index (χ3n) is 2.20. The minimum Gasteiger partial charge on any atom is -0.480 e. The van der Waals surface area contributed by atoms with Gasteiger partial charge in [0.15, 0.2) is 0 Å². The Kier molecular flexibility index (Phi) is 2.73. The van der Waals surface area contributed by atoms with E-state index in [9.17, 15) is 14.4 Å². The highest BCUT2D eigenvalue weighted by Crippen LogP contribution is 2.12. The molecule has 6 nitrogen and oxygen atoms in total. The highest BCUT2D eigenvalue weighted by molar-refractivity contribution is 6.06. The maximum atomic E-state index is 11.5. The van der Waals surface area contributed by atoms with Gasteiger partial charge in [-0.3, -0.25) is 4.79 Å². The zero-order chi connectivity index (χ0) is 10.9. The second kappa shape index (κ2) is 3.65. The van der Waals surface area contributed by atoms with Crippen molar-refractivity contribution in [1.29, 1.82) is 0 Å². The molecule has 1 fully saturated rings. The largest absolute Gasteiger partial charge is 0.480 e. The molecule has 1 aliphatic rings. The summed E-state index contributed by atoms with van der Waals surface area (Å²) in [6, 6.07) is -2.32. The highest BCUT2D eigenvalue weighted by Gasteiger charge is 2.41. The average Bonchev–Trinajstić information content (AvgIpc) is 2.40. The first-order valence-electron chi connectivity index (χ1n) is 4.35. The summed E-state index contributed by atoms with van der Waals surface area (Å²) in [5.41, 5.74) is 0. The van der Waals surface area contributed by atoms with Crippen molar-refractivity contribution in [2.24, 2.45) is 0 Å². The van der Waals surface area contributed by atoms with E-state index in [0.717, 1.165) is 4.90 Å². The Morgan fingerprint density at radius 2 is 2.21 bits per heavy atom. The third kappa shape index (κ3) is 1.55. The molecule has 14 heavy (non-hydrogen) atoms. The van der Waals surface area contributed by atoms with Crippen molar-refractivity contribution in [2.75, 3.05) is 0 Å². The van der Waals surface area contributed by atoms with Crippen LogP contribution in [0, 0.1) is 0 Å². The van der Waals surface area contributed by atoms with Crippen molar-refractivity contribution < 1.29 is 19.5 Å². The Labute approximate surface area is 80.9 Å². The molecule has 0 aromatic heterocycles. The van der Waals surface area contributed by atoms with E-state index in [1.54, 1.807) is 6.92 Å². The minimum atomic E-state index is -1.19. The maximum absolute atomic E-state index is 11.5. The van der Waals surface area contributed by atoms with E-state index >= 15 is 0 Å². The van der Waals surface area contributed by atoms with Crippen LogP contribution in [-0.4, -0.2) is 40.0 Å². The predicted molar refractivity (Wildman–Crippen MR) is 46.6 cm³/mol. The van der Waals surface area contributed by atoms with E-state index in [1.807, 2.05) is 0 Å². The van der Waals surface area contributed by atoms with Gasteiger partial charge in [-0.25, -0.2) is 14.5 Å². The monoisotopic (exact) mass is 200 g/mol. The van der Waals surface area contributed by atoms with Gasteiger partial charge in [0.25, 0.3) is 5.91 Å². The van der Waals surface area contributed by atoms with Gasteiger partial charge in [-0.2, -0.15) is 0 Å². The Balaban J connectivity index is 2.85. The Bertz CT molecular complexity index is 289. The predicted octanol–water partition coefficient (Wildman–Crippen LogP) is -0.210. The number of carbonyl (C=O) groups is 3. The molecular formula is C8H12N2O4. The average molecular weight is 200 g/mol. The van der Waals surface area contributed by atoms with E-state index < -0.39 is 30.0 Å². The lowest BCUT2D eigenvalue weighted by Crippen LogP contribution is -2.43. The van der Waals surface area contributed by atoms with Crippen LogP contribution in [0.4, 0.5) is 4.79 Å². The molecular weight excluding hydrogens is 188 g/mol. The quantitative estimate of drug-likeness (QED) is 0.617. The lowest BCUT2D eigenvalue weighted by molar-refractivity contribution is -0.146. The van der Waals surface area contributed by atoms with E-state index in [1.165, 1.54) is 6.92 Å². The molecule has 1 saturated heterocycles. The van der Waals surface area contributed by atoms with Crippen LogP contribution in [-0.2, 0) is 9.59 Å². The van der Waals surface area contributed by atoms with Gasteiger partial charge < -0.3 is 10.4 Å². The molecule has 1 rings (SSSR count). The number of amides is 3. The molecule has 6 heteroatoms. The van der Waals surface area contributed by atoms with Crippen LogP contribution >= 0.6 is 0 Å². The normalized spacial score (nSPS) is 23.6. The summed E-state index contributed by atoms with van der Waals surface area (Å²) in [6.07, 6.45) is 0.466. The zero-order valence-electron chi connectivity index (χ0n) is 7.98. The summed E-state index contributed by atoms with van der Waals surface area (Å²) in [7, 11) is 0.